The maximum Gasteiger partial charge on any atom is 0.335 e. The Labute approximate surface area is 99.2 Å². The minimum Gasteiger partial charge on any atom is -0.481 e. The quantitative estimate of drug-likeness (QED) is 0.741. The van der Waals surface area contributed by atoms with Crippen molar-refractivity contribution < 1.29 is 19.8 Å². The summed E-state index contributed by atoms with van der Waals surface area (Å²) < 4.78 is 0. The van der Waals surface area contributed by atoms with Gasteiger partial charge in [-0.2, -0.15) is 0 Å². The van der Waals surface area contributed by atoms with Crippen LogP contribution in [0.4, 0.5) is 0 Å². The summed E-state index contributed by atoms with van der Waals surface area (Å²) in [6.07, 6.45) is 4.56. The van der Waals surface area contributed by atoms with Crippen molar-refractivity contribution in [2.45, 2.75) is 19.3 Å². The summed E-state index contributed by atoms with van der Waals surface area (Å²) in [6, 6.07) is 6.82. The topological polar surface area (TPSA) is 74.6 Å². The third-order valence-corrected chi connectivity index (χ3v) is 2.29. The van der Waals surface area contributed by atoms with Gasteiger partial charge in [-0.15, -0.1) is 0 Å². The van der Waals surface area contributed by atoms with E-state index in [1.165, 1.54) is 0 Å². The molecule has 0 heterocycles. The van der Waals surface area contributed by atoms with E-state index in [1.807, 2.05) is 0 Å². The van der Waals surface area contributed by atoms with Crippen LogP contribution in [0.1, 0.15) is 28.8 Å². The number of aromatic carboxylic acids is 1. The number of rotatable bonds is 6. The molecule has 0 bridgehead atoms. The van der Waals surface area contributed by atoms with Crippen LogP contribution in [0.15, 0.2) is 36.4 Å². The molecule has 0 aromatic heterocycles. The molecule has 4 nitrogen and oxygen atoms in total. The number of hydrogen-bond donors (Lipinski definition) is 2. The standard InChI is InChI=1S/C13H14O4/c14-12(15)9-3-1-2-6-10-7-4-5-8-11(10)13(16)17/h1,3-5,7-8H,2,6,9H2,(H,14,15)(H,16,17)/b3-1+. The van der Waals surface area contributed by atoms with Crippen LogP contribution in [0.25, 0.3) is 0 Å². The smallest absolute Gasteiger partial charge is 0.335 e. The van der Waals surface area contributed by atoms with Gasteiger partial charge in [0.05, 0.1) is 12.0 Å². The molecule has 0 aliphatic heterocycles. The fourth-order valence-electron chi connectivity index (χ4n) is 1.49. The van der Waals surface area contributed by atoms with Crippen LogP contribution in [0, 0.1) is 0 Å². The van der Waals surface area contributed by atoms with Gasteiger partial charge in [0.1, 0.15) is 0 Å². The molecule has 0 saturated heterocycles. The highest BCUT2D eigenvalue weighted by atomic mass is 16.4. The summed E-state index contributed by atoms with van der Waals surface area (Å²) in [7, 11) is 0. The normalized spacial score (nSPS) is 10.6. The number of carboxylic acid groups (broad SMARTS) is 2. The molecule has 0 atom stereocenters. The van der Waals surface area contributed by atoms with E-state index in [4.69, 9.17) is 10.2 Å². The van der Waals surface area contributed by atoms with Crippen molar-refractivity contribution in [1.82, 2.24) is 0 Å². The Morgan fingerprint density at radius 3 is 2.47 bits per heavy atom. The third kappa shape index (κ3) is 4.51. The number of hydrogen-bond acceptors (Lipinski definition) is 2. The highest BCUT2D eigenvalue weighted by molar-refractivity contribution is 5.89. The first-order valence-electron chi connectivity index (χ1n) is 5.29. The fourth-order valence-corrected chi connectivity index (χ4v) is 1.49. The molecule has 0 amide bonds. The number of allylic oxidation sites excluding steroid dienone is 1. The Balaban J connectivity index is 2.54. The van der Waals surface area contributed by atoms with Gasteiger partial charge in [0.15, 0.2) is 0 Å². The lowest BCUT2D eigenvalue weighted by molar-refractivity contribution is -0.136. The van der Waals surface area contributed by atoms with E-state index in [0.717, 1.165) is 5.56 Å². The van der Waals surface area contributed by atoms with E-state index in [9.17, 15) is 9.59 Å². The minimum absolute atomic E-state index is 0.000573. The van der Waals surface area contributed by atoms with Crippen LogP contribution in [0.5, 0.6) is 0 Å². The van der Waals surface area contributed by atoms with Gasteiger partial charge in [-0.1, -0.05) is 30.4 Å². The van der Waals surface area contributed by atoms with Gasteiger partial charge in [0.2, 0.25) is 0 Å². The van der Waals surface area contributed by atoms with Crippen LogP contribution in [-0.4, -0.2) is 22.2 Å². The van der Waals surface area contributed by atoms with Crippen LogP contribution in [0.3, 0.4) is 0 Å². The molecule has 2 N–H and O–H groups in total. The SMILES string of the molecule is O=C(O)C/C=C/CCc1ccccc1C(=O)O. The second-order valence-electron chi connectivity index (χ2n) is 3.57. The molecule has 1 rings (SSSR count). The Morgan fingerprint density at radius 1 is 1.12 bits per heavy atom. The third-order valence-electron chi connectivity index (χ3n) is 2.29. The van der Waals surface area contributed by atoms with Gasteiger partial charge in [-0.25, -0.2) is 4.79 Å². The van der Waals surface area contributed by atoms with Crippen molar-refractivity contribution >= 4 is 11.9 Å². The molecule has 0 aliphatic carbocycles. The Morgan fingerprint density at radius 2 is 1.82 bits per heavy atom. The van der Waals surface area contributed by atoms with E-state index < -0.39 is 11.9 Å². The molecule has 1 aromatic carbocycles. The number of benzene rings is 1. The summed E-state index contributed by atoms with van der Waals surface area (Å²) >= 11 is 0. The van der Waals surface area contributed by atoms with Crippen LogP contribution in [0.2, 0.25) is 0 Å². The summed E-state index contributed by atoms with van der Waals surface area (Å²) in [5.41, 5.74) is 1.07. The van der Waals surface area contributed by atoms with E-state index >= 15 is 0 Å². The largest absolute Gasteiger partial charge is 0.481 e. The van der Waals surface area contributed by atoms with E-state index in [2.05, 4.69) is 0 Å². The van der Waals surface area contributed by atoms with E-state index in [0.29, 0.717) is 18.4 Å². The van der Waals surface area contributed by atoms with Crippen LogP contribution in [-0.2, 0) is 11.2 Å². The highest BCUT2D eigenvalue weighted by Gasteiger charge is 2.07. The molecular weight excluding hydrogens is 220 g/mol. The molecule has 0 fully saturated rings. The average Bonchev–Trinajstić information content (AvgIpc) is 2.28. The zero-order chi connectivity index (χ0) is 12.7. The summed E-state index contributed by atoms with van der Waals surface area (Å²) in [5, 5.41) is 17.4. The van der Waals surface area contributed by atoms with Crippen molar-refractivity contribution in [3.05, 3.63) is 47.5 Å². The maximum atomic E-state index is 10.9. The van der Waals surface area contributed by atoms with Crippen LogP contribution < -0.4 is 0 Å². The molecule has 0 spiro atoms. The molecule has 1 aromatic rings. The van der Waals surface area contributed by atoms with Crippen molar-refractivity contribution in [2.24, 2.45) is 0 Å². The number of carbonyl (C=O) groups is 2. The lowest BCUT2D eigenvalue weighted by Crippen LogP contribution is -2.01. The molecule has 0 radical (unpaired) electrons. The summed E-state index contributed by atoms with van der Waals surface area (Å²) in [6.45, 7) is 0. The Hall–Kier alpha value is -2.10. The number of aliphatic carboxylic acids is 1. The molecule has 0 unspecified atom stereocenters. The first-order valence-corrected chi connectivity index (χ1v) is 5.29. The van der Waals surface area contributed by atoms with Gasteiger partial charge in [0.25, 0.3) is 0 Å². The zero-order valence-electron chi connectivity index (χ0n) is 9.30. The van der Waals surface area contributed by atoms with Crippen molar-refractivity contribution in [3.8, 4) is 0 Å². The number of aryl methyl sites for hydroxylation is 1. The van der Waals surface area contributed by atoms with Crippen LogP contribution >= 0.6 is 0 Å². The molecule has 0 aliphatic rings. The molecule has 0 saturated carbocycles. The molecule has 17 heavy (non-hydrogen) atoms. The predicted molar refractivity (Wildman–Crippen MR) is 63.1 cm³/mol. The van der Waals surface area contributed by atoms with Gasteiger partial charge >= 0.3 is 11.9 Å². The molecular formula is C13H14O4. The highest BCUT2D eigenvalue weighted by Crippen LogP contribution is 2.11. The lowest BCUT2D eigenvalue weighted by atomic mass is 10.0. The van der Waals surface area contributed by atoms with Crippen molar-refractivity contribution in [2.75, 3.05) is 0 Å². The van der Waals surface area contributed by atoms with Gasteiger partial charge in [-0.05, 0) is 24.5 Å². The number of carboxylic acids is 2. The second-order valence-corrected chi connectivity index (χ2v) is 3.57. The predicted octanol–water partition coefficient (Wildman–Crippen LogP) is 2.35. The minimum atomic E-state index is -0.935. The first-order chi connectivity index (χ1) is 8.11. The van der Waals surface area contributed by atoms with Crippen molar-refractivity contribution in [3.63, 3.8) is 0 Å². The van der Waals surface area contributed by atoms with Gasteiger partial charge < -0.3 is 10.2 Å². The Bertz CT molecular complexity index is 435. The van der Waals surface area contributed by atoms with Gasteiger partial charge in [0, 0.05) is 0 Å². The molecule has 4 heteroatoms. The monoisotopic (exact) mass is 234 g/mol. The fraction of sp³-hybridized carbons (Fsp3) is 0.231. The van der Waals surface area contributed by atoms with Gasteiger partial charge in [-0.3, -0.25) is 4.79 Å². The van der Waals surface area contributed by atoms with Crippen molar-refractivity contribution in [1.29, 1.82) is 0 Å². The summed E-state index contributed by atoms with van der Waals surface area (Å²) in [5.74, 6) is -1.80. The van der Waals surface area contributed by atoms with E-state index in [-0.39, 0.29) is 6.42 Å². The first kappa shape index (κ1) is 13.0. The average molecular weight is 234 g/mol. The second kappa shape index (κ2) is 6.48. The molecule has 90 valence electrons. The lowest BCUT2D eigenvalue weighted by Gasteiger charge is -2.03. The Kier molecular flexibility index (Phi) is 4.94. The summed E-state index contributed by atoms with van der Waals surface area (Å²) in [4.78, 5) is 21.2. The zero-order valence-corrected chi connectivity index (χ0v) is 9.30. The van der Waals surface area contributed by atoms with E-state index in [1.54, 1.807) is 36.4 Å². The maximum absolute atomic E-state index is 10.9.